The van der Waals surface area contributed by atoms with Crippen molar-refractivity contribution < 1.29 is 0 Å². The van der Waals surface area contributed by atoms with Crippen LogP contribution in [0, 0.1) is 0 Å². The van der Waals surface area contributed by atoms with E-state index < -0.39 is 0 Å². The smallest absolute Gasteiger partial charge is 0.0205 e. The predicted molar refractivity (Wildman–Crippen MR) is 83.1 cm³/mol. The topological polar surface area (TPSA) is 15.3 Å². The van der Waals surface area contributed by atoms with Gasteiger partial charge in [0, 0.05) is 24.7 Å². The Morgan fingerprint density at radius 2 is 1.89 bits per heavy atom. The van der Waals surface area contributed by atoms with E-state index in [4.69, 9.17) is 0 Å². The second kappa shape index (κ2) is 8.71. The molecule has 2 nitrogen and oxygen atoms in total. The second-order valence-corrected chi connectivity index (χ2v) is 6.43. The summed E-state index contributed by atoms with van der Waals surface area (Å²) in [7, 11) is 0. The zero-order chi connectivity index (χ0) is 14.2. The van der Waals surface area contributed by atoms with Crippen LogP contribution in [0.1, 0.15) is 60.8 Å². The Morgan fingerprint density at radius 3 is 2.33 bits per heavy atom. The molecule has 0 amide bonds. The van der Waals surface area contributed by atoms with E-state index in [2.05, 4.69) is 58.3 Å². The molecule has 0 spiro atoms. The third-order valence-corrected chi connectivity index (χ3v) is 3.31. The molecule has 108 valence electrons. The van der Waals surface area contributed by atoms with Gasteiger partial charge in [-0.1, -0.05) is 26.8 Å². The van der Waals surface area contributed by atoms with Crippen LogP contribution in [0.15, 0.2) is 12.2 Å². The molecule has 0 saturated heterocycles. The Kier molecular flexibility index (Phi) is 8.54. The molecular formula is C16H34N2. The number of rotatable bonds is 9. The van der Waals surface area contributed by atoms with Crippen molar-refractivity contribution in [2.75, 3.05) is 19.6 Å². The number of hydrogen-bond acceptors (Lipinski definition) is 2. The van der Waals surface area contributed by atoms with Gasteiger partial charge >= 0.3 is 0 Å². The maximum absolute atomic E-state index is 4.22. The minimum atomic E-state index is 0.174. The molecule has 0 radical (unpaired) electrons. The highest BCUT2D eigenvalue weighted by molar-refractivity contribution is 5.01. The van der Waals surface area contributed by atoms with E-state index in [9.17, 15) is 0 Å². The molecule has 18 heavy (non-hydrogen) atoms. The lowest BCUT2D eigenvalue weighted by atomic mass is 10.1. The van der Waals surface area contributed by atoms with Crippen molar-refractivity contribution >= 4 is 0 Å². The predicted octanol–water partition coefficient (Wildman–Crippen LogP) is 3.83. The minimum Gasteiger partial charge on any atom is -0.308 e. The summed E-state index contributed by atoms with van der Waals surface area (Å²) >= 11 is 0. The highest BCUT2D eigenvalue weighted by Gasteiger charge is 2.14. The highest BCUT2D eigenvalue weighted by atomic mass is 15.1. The van der Waals surface area contributed by atoms with Gasteiger partial charge in [-0.2, -0.15) is 0 Å². The van der Waals surface area contributed by atoms with Crippen LogP contribution in [0.4, 0.5) is 0 Å². The first-order chi connectivity index (χ1) is 8.30. The molecule has 0 aliphatic rings. The van der Waals surface area contributed by atoms with E-state index in [1.807, 2.05) is 0 Å². The van der Waals surface area contributed by atoms with Crippen LogP contribution in [0.25, 0.3) is 0 Å². The maximum atomic E-state index is 4.22. The number of unbranched alkanes of at least 4 members (excludes halogenated alkanes) is 1. The van der Waals surface area contributed by atoms with Crippen LogP contribution in [0.5, 0.6) is 0 Å². The third-order valence-electron chi connectivity index (χ3n) is 3.31. The molecule has 0 aliphatic heterocycles. The van der Waals surface area contributed by atoms with Gasteiger partial charge in [0.15, 0.2) is 0 Å². The van der Waals surface area contributed by atoms with Crippen molar-refractivity contribution in [1.29, 1.82) is 0 Å². The Labute approximate surface area is 115 Å². The molecule has 0 aromatic heterocycles. The summed E-state index contributed by atoms with van der Waals surface area (Å²) in [6, 6.07) is 0.655. The van der Waals surface area contributed by atoms with E-state index in [1.165, 1.54) is 31.4 Å². The number of hydrogen-bond donors (Lipinski definition) is 1. The molecule has 0 rings (SSSR count). The maximum Gasteiger partial charge on any atom is 0.0205 e. The number of nitrogens with one attached hydrogen (secondary N) is 1. The molecule has 1 unspecified atom stereocenters. The first-order valence-corrected chi connectivity index (χ1v) is 7.45. The van der Waals surface area contributed by atoms with Crippen LogP contribution >= 0.6 is 0 Å². The molecule has 1 N–H and O–H groups in total. The molecular weight excluding hydrogens is 220 g/mol. The SMILES string of the molecule is C=C(CNC(C)(C)C)CN(CCCC)C(C)CC. The van der Waals surface area contributed by atoms with Gasteiger partial charge in [0.1, 0.15) is 0 Å². The Bertz CT molecular complexity index is 228. The molecule has 0 bridgehead atoms. The average molecular weight is 254 g/mol. The van der Waals surface area contributed by atoms with E-state index in [-0.39, 0.29) is 5.54 Å². The Morgan fingerprint density at radius 1 is 1.28 bits per heavy atom. The van der Waals surface area contributed by atoms with E-state index in [1.54, 1.807) is 0 Å². The molecule has 0 aliphatic carbocycles. The lowest BCUT2D eigenvalue weighted by molar-refractivity contribution is 0.216. The summed E-state index contributed by atoms with van der Waals surface area (Å²) in [6.45, 7) is 20.8. The molecule has 0 aromatic carbocycles. The van der Waals surface area contributed by atoms with Crippen molar-refractivity contribution in [3.8, 4) is 0 Å². The van der Waals surface area contributed by atoms with Gasteiger partial charge in [-0.25, -0.2) is 0 Å². The van der Waals surface area contributed by atoms with Gasteiger partial charge in [-0.05, 0) is 52.7 Å². The molecule has 1 atom stereocenters. The largest absolute Gasteiger partial charge is 0.308 e. The average Bonchev–Trinajstić information content (AvgIpc) is 2.30. The quantitative estimate of drug-likeness (QED) is 0.629. The fraction of sp³-hybridized carbons (Fsp3) is 0.875. The molecule has 0 fully saturated rings. The van der Waals surface area contributed by atoms with Crippen LogP contribution in [0.3, 0.4) is 0 Å². The zero-order valence-corrected chi connectivity index (χ0v) is 13.5. The summed E-state index contributed by atoms with van der Waals surface area (Å²) in [6.07, 6.45) is 3.76. The first-order valence-electron chi connectivity index (χ1n) is 7.45. The van der Waals surface area contributed by atoms with Crippen molar-refractivity contribution in [1.82, 2.24) is 10.2 Å². The monoisotopic (exact) mass is 254 g/mol. The van der Waals surface area contributed by atoms with Gasteiger partial charge in [0.25, 0.3) is 0 Å². The standard InChI is InChI=1S/C16H34N2/c1-8-10-11-18(15(4)9-2)13-14(3)12-17-16(5,6)7/h15,17H,3,8-13H2,1-2,4-7H3. The van der Waals surface area contributed by atoms with E-state index >= 15 is 0 Å². The molecule has 0 heterocycles. The van der Waals surface area contributed by atoms with Crippen LogP contribution in [-0.4, -0.2) is 36.1 Å². The minimum absolute atomic E-state index is 0.174. The van der Waals surface area contributed by atoms with Crippen molar-refractivity contribution in [2.24, 2.45) is 0 Å². The fourth-order valence-electron chi connectivity index (χ4n) is 1.81. The summed E-state index contributed by atoms with van der Waals surface area (Å²) in [5.41, 5.74) is 1.47. The lowest BCUT2D eigenvalue weighted by Gasteiger charge is -2.30. The molecule has 0 saturated carbocycles. The van der Waals surface area contributed by atoms with Crippen molar-refractivity contribution in [3.63, 3.8) is 0 Å². The van der Waals surface area contributed by atoms with E-state index in [0.29, 0.717) is 6.04 Å². The van der Waals surface area contributed by atoms with Crippen molar-refractivity contribution in [2.45, 2.75) is 72.4 Å². The Hall–Kier alpha value is -0.340. The second-order valence-electron chi connectivity index (χ2n) is 6.43. The van der Waals surface area contributed by atoms with Gasteiger partial charge in [0.05, 0.1) is 0 Å². The van der Waals surface area contributed by atoms with Crippen molar-refractivity contribution in [3.05, 3.63) is 12.2 Å². The van der Waals surface area contributed by atoms with E-state index in [0.717, 1.165) is 13.1 Å². The summed E-state index contributed by atoms with van der Waals surface area (Å²) in [5, 5.41) is 3.51. The Balaban J connectivity index is 4.17. The summed E-state index contributed by atoms with van der Waals surface area (Å²) < 4.78 is 0. The fourth-order valence-corrected chi connectivity index (χ4v) is 1.81. The van der Waals surface area contributed by atoms with Crippen LogP contribution < -0.4 is 5.32 Å². The first kappa shape index (κ1) is 17.7. The van der Waals surface area contributed by atoms with Gasteiger partial charge in [-0.3, -0.25) is 4.90 Å². The van der Waals surface area contributed by atoms with Crippen LogP contribution in [0.2, 0.25) is 0 Å². The molecule has 0 aromatic rings. The number of nitrogens with zero attached hydrogens (tertiary/aromatic N) is 1. The normalized spacial score (nSPS) is 13.9. The third kappa shape index (κ3) is 8.71. The molecule has 2 heteroatoms. The highest BCUT2D eigenvalue weighted by Crippen LogP contribution is 2.09. The van der Waals surface area contributed by atoms with Gasteiger partial charge < -0.3 is 5.32 Å². The summed E-state index contributed by atoms with van der Waals surface area (Å²) in [5.74, 6) is 0. The van der Waals surface area contributed by atoms with Gasteiger partial charge in [0.2, 0.25) is 0 Å². The summed E-state index contributed by atoms with van der Waals surface area (Å²) in [4.78, 5) is 2.57. The lowest BCUT2D eigenvalue weighted by Crippen LogP contribution is -2.40. The van der Waals surface area contributed by atoms with Gasteiger partial charge in [-0.15, -0.1) is 0 Å². The zero-order valence-electron chi connectivity index (χ0n) is 13.5. The van der Waals surface area contributed by atoms with Crippen LogP contribution in [-0.2, 0) is 0 Å².